The van der Waals surface area contributed by atoms with E-state index in [0.29, 0.717) is 35.6 Å². The van der Waals surface area contributed by atoms with Crippen molar-refractivity contribution in [3.63, 3.8) is 0 Å². The molecule has 42 heavy (non-hydrogen) atoms. The highest BCUT2D eigenvalue weighted by Crippen LogP contribution is 2.37. The lowest BCUT2D eigenvalue weighted by molar-refractivity contribution is -0.110. The number of fused-ring (bicyclic) bond motifs is 1. The summed E-state index contributed by atoms with van der Waals surface area (Å²) in [6.45, 7) is 6.04. The van der Waals surface area contributed by atoms with Crippen LogP contribution in [0.2, 0.25) is 0 Å². The molecule has 14 heteroatoms. The van der Waals surface area contributed by atoms with E-state index in [4.69, 9.17) is 0 Å². The molecule has 2 aliphatic rings. The largest absolute Gasteiger partial charge is 0.358 e. The molecule has 1 fully saturated rings. The number of likely N-dealkylation sites (N-methyl/N-ethyl adjacent to an activating group) is 1. The van der Waals surface area contributed by atoms with Gasteiger partial charge in [-0.3, -0.25) is 9.59 Å². The van der Waals surface area contributed by atoms with Gasteiger partial charge in [0.15, 0.2) is 33.1 Å². The van der Waals surface area contributed by atoms with Crippen molar-refractivity contribution in [1.82, 2.24) is 14.8 Å². The molecule has 2 N–H and O–H groups in total. The van der Waals surface area contributed by atoms with Gasteiger partial charge in [0, 0.05) is 54.4 Å². The third-order valence-corrected chi connectivity index (χ3v) is 9.18. The zero-order valence-electron chi connectivity index (χ0n) is 22.7. The third kappa shape index (κ3) is 4.98. The summed E-state index contributed by atoms with van der Waals surface area (Å²) in [5, 5.41) is 2.60. The number of amides is 2. The number of aryl methyl sites for hydroxylation is 1. The molecule has 222 valence electrons. The van der Waals surface area contributed by atoms with Crippen LogP contribution in [0.5, 0.6) is 0 Å². The number of piperazine rings is 1. The summed E-state index contributed by atoms with van der Waals surface area (Å²) in [6, 6.07) is 3.40. The summed E-state index contributed by atoms with van der Waals surface area (Å²) in [4.78, 5) is 32.6. The number of halogens is 5. The van der Waals surface area contributed by atoms with Crippen LogP contribution in [0.1, 0.15) is 38.4 Å². The minimum Gasteiger partial charge on any atom is -0.358 e. The lowest BCUT2D eigenvalue weighted by Crippen LogP contribution is -2.47. The Labute approximate surface area is 237 Å². The van der Waals surface area contributed by atoms with E-state index in [0.717, 1.165) is 25.2 Å². The van der Waals surface area contributed by atoms with Gasteiger partial charge in [-0.1, -0.05) is 0 Å². The first kappa shape index (κ1) is 29.5. The van der Waals surface area contributed by atoms with Gasteiger partial charge in [-0.25, -0.2) is 30.4 Å². The van der Waals surface area contributed by atoms with Crippen molar-refractivity contribution in [1.29, 1.82) is 0 Å². The van der Waals surface area contributed by atoms with E-state index >= 15 is 0 Å². The molecule has 0 unspecified atom stereocenters. The minimum absolute atomic E-state index is 0.0428. The summed E-state index contributed by atoms with van der Waals surface area (Å²) < 4.78 is 95.3. The van der Waals surface area contributed by atoms with Crippen molar-refractivity contribution < 1.29 is 40.0 Å². The molecule has 1 saturated heterocycles. The summed E-state index contributed by atoms with van der Waals surface area (Å²) >= 11 is 0. The Morgan fingerprint density at radius 1 is 0.952 bits per heavy atom. The van der Waals surface area contributed by atoms with Gasteiger partial charge in [-0.05, 0) is 50.7 Å². The number of nitrogens with zero attached hydrogens (tertiary/aromatic N) is 2. The van der Waals surface area contributed by atoms with Gasteiger partial charge in [0.2, 0.25) is 5.82 Å². The number of carbonyl (C=O) groups excluding carboxylic acids is 2. The van der Waals surface area contributed by atoms with Crippen LogP contribution < -0.4 is 5.32 Å². The maximum atomic E-state index is 14.2. The topological polar surface area (TPSA) is 103 Å². The van der Waals surface area contributed by atoms with E-state index < -0.39 is 61.0 Å². The van der Waals surface area contributed by atoms with Crippen LogP contribution in [0.15, 0.2) is 23.1 Å². The number of rotatable bonds is 5. The second-order valence-electron chi connectivity index (χ2n) is 10.3. The zero-order chi connectivity index (χ0) is 30.7. The lowest BCUT2D eigenvalue weighted by atomic mass is 10.0. The molecule has 3 aromatic rings. The van der Waals surface area contributed by atoms with Crippen LogP contribution >= 0.6 is 0 Å². The van der Waals surface area contributed by atoms with E-state index in [1.54, 1.807) is 18.7 Å². The molecule has 1 aromatic heterocycles. The van der Waals surface area contributed by atoms with Crippen LogP contribution in [0.25, 0.3) is 11.6 Å². The predicted molar refractivity (Wildman–Crippen MR) is 144 cm³/mol. The number of hydrogen-bond donors (Lipinski definition) is 2. The fourth-order valence-corrected chi connectivity index (χ4v) is 6.48. The molecule has 0 radical (unpaired) electrons. The number of hydrogen-bond acceptors (Lipinski definition) is 5. The number of benzene rings is 2. The van der Waals surface area contributed by atoms with Gasteiger partial charge >= 0.3 is 0 Å². The molecule has 0 bridgehead atoms. The van der Waals surface area contributed by atoms with E-state index in [-0.39, 0.29) is 22.7 Å². The van der Waals surface area contributed by atoms with Crippen molar-refractivity contribution in [2.24, 2.45) is 0 Å². The Morgan fingerprint density at radius 2 is 1.55 bits per heavy atom. The van der Waals surface area contributed by atoms with Gasteiger partial charge < -0.3 is 20.1 Å². The first-order valence-electron chi connectivity index (χ1n) is 12.8. The van der Waals surface area contributed by atoms with Crippen molar-refractivity contribution in [2.45, 2.75) is 24.5 Å². The number of nitrogens with one attached hydrogen (secondary N) is 2. The Kier molecular flexibility index (Phi) is 7.47. The van der Waals surface area contributed by atoms with E-state index in [2.05, 4.69) is 15.2 Å². The average molecular weight is 609 g/mol. The van der Waals surface area contributed by atoms with Crippen LogP contribution in [0.4, 0.5) is 27.6 Å². The summed E-state index contributed by atoms with van der Waals surface area (Å²) in [5.41, 5.74) is 1.00. The quantitative estimate of drug-likeness (QED) is 0.196. The van der Waals surface area contributed by atoms with Crippen molar-refractivity contribution in [3.05, 3.63) is 80.9 Å². The first-order valence-corrected chi connectivity index (χ1v) is 14.4. The second-order valence-corrected chi connectivity index (χ2v) is 12.3. The van der Waals surface area contributed by atoms with Gasteiger partial charge in [-0.2, -0.15) is 0 Å². The highest BCUT2D eigenvalue weighted by Gasteiger charge is 2.32. The Morgan fingerprint density at radius 3 is 2.17 bits per heavy atom. The fraction of sp³-hybridized carbons (Fsp3) is 0.286. The summed E-state index contributed by atoms with van der Waals surface area (Å²) in [5.74, 6) is -13.6. The maximum absolute atomic E-state index is 14.2. The molecule has 5 rings (SSSR count). The lowest BCUT2D eigenvalue weighted by Gasteiger charge is -2.32. The smallest absolute Gasteiger partial charge is 0.256 e. The van der Waals surface area contributed by atoms with E-state index in [1.807, 2.05) is 7.05 Å². The molecule has 2 amide bonds. The molecule has 2 aromatic carbocycles. The van der Waals surface area contributed by atoms with Crippen LogP contribution in [-0.4, -0.2) is 68.2 Å². The number of aromatic nitrogens is 1. The molecule has 3 heterocycles. The molecule has 0 saturated carbocycles. The van der Waals surface area contributed by atoms with Crippen molar-refractivity contribution >= 4 is 39.0 Å². The van der Waals surface area contributed by atoms with E-state index in [9.17, 15) is 40.0 Å². The average Bonchev–Trinajstić information content (AvgIpc) is 3.42. The number of carbonyl (C=O) groups is 2. The van der Waals surface area contributed by atoms with Crippen LogP contribution in [0, 0.1) is 42.9 Å². The molecular formula is C28H25F5N4O4S. The monoisotopic (exact) mass is 608 g/mol. The Hall–Kier alpha value is -4.04. The fourth-order valence-electron chi connectivity index (χ4n) is 5.11. The highest BCUT2D eigenvalue weighted by atomic mass is 32.2. The molecular weight excluding hydrogens is 583 g/mol. The number of H-pyrrole nitrogens is 1. The van der Waals surface area contributed by atoms with Gasteiger partial charge in [-0.15, -0.1) is 0 Å². The standard InChI is InChI=1S/C28H25F5N4O4S/c1-13-20(34-14(2)21(13)28(39)37-8-6-36(3)7-9-37)11-17-16-10-15(4-5-19(16)35-27(17)38)42(40,41)12-18-22(29)24(31)26(33)25(32)23(18)30/h4-5,10-11,34H,6-9,12H2,1-3H3,(H,35,38)/b17-11-. The van der Waals surface area contributed by atoms with E-state index in [1.165, 1.54) is 12.1 Å². The summed E-state index contributed by atoms with van der Waals surface area (Å²) in [6.07, 6.45) is 1.46. The summed E-state index contributed by atoms with van der Waals surface area (Å²) in [7, 11) is -2.67. The first-order chi connectivity index (χ1) is 19.7. The number of sulfone groups is 1. The molecule has 0 spiro atoms. The van der Waals surface area contributed by atoms with Crippen LogP contribution in [-0.2, 0) is 20.4 Å². The molecule has 2 aliphatic heterocycles. The van der Waals surface area contributed by atoms with Gasteiger partial charge in [0.25, 0.3) is 11.8 Å². The maximum Gasteiger partial charge on any atom is 0.256 e. The zero-order valence-corrected chi connectivity index (χ0v) is 23.5. The number of aromatic amines is 1. The highest BCUT2D eigenvalue weighted by molar-refractivity contribution is 7.90. The Balaban J connectivity index is 1.50. The van der Waals surface area contributed by atoms with Gasteiger partial charge in [0.05, 0.1) is 21.8 Å². The SMILES string of the molecule is Cc1[nH]c(/C=C2\C(=O)Nc3ccc(S(=O)(=O)Cc4c(F)c(F)c(F)c(F)c4F)cc32)c(C)c1C(=O)N1CCN(C)CC1. The molecule has 8 nitrogen and oxygen atoms in total. The van der Waals surface area contributed by atoms with Crippen LogP contribution in [0.3, 0.4) is 0 Å². The molecule has 0 atom stereocenters. The normalized spacial score (nSPS) is 16.7. The number of anilines is 1. The van der Waals surface area contributed by atoms with Crippen molar-refractivity contribution in [3.8, 4) is 0 Å². The minimum atomic E-state index is -4.64. The van der Waals surface area contributed by atoms with Gasteiger partial charge in [0.1, 0.15) is 0 Å². The molecule has 0 aliphatic carbocycles. The second kappa shape index (κ2) is 10.7. The Bertz CT molecular complexity index is 1760. The van der Waals surface area contributed by atoms with Crippen molar-refractivity contribution in [2.75, 3.05) is 38.5 Å². The third-order valence-electron chi connectivity index (χ3n) is 7.54. The predicted octanol–water partition coefficient (Wildman–Crippen LogP) is 4.18.